The standard InChI is InChI=1S/C18H20N4O3/c1-4-10-19-18-20-12(3)11-15(22-18)16(23)21-14-8-6-13(7-9-14)17(24)25-5-2/h4,6-9,11H,1,5,10H2,2-3H3,(H,21,23)(H,19,20,22). The number of carbonyl (C=O) groups is 2. The first-order chi connectivity index (χ1) is 12.0. The number of hydrogen-bond donors (Lipinski definition) is 2. The fourth-order valence-corrected chi connectivity index (χ4v) is 2.03. The molecule has 1 amide bonds. The zero-order chi connectivity index (χ0) is 18.2. The van der Waals surface area contributed by atoms with Crippen LogP contribution in [0.15, 0.2) is 43.0 Å². The van der Waals surface area contributed by atoms with Gasteiger partial charge in [-0.05, 0) is 44.2 Å². The Hall–Kier alpha value is -3.22. The number of hydrogen-bond acceptors (Lipinski definition) is 6. The van der Waals surface area contributed by atoms with Crippen LogP contribution >= 0.6 is 0 Å². The van der Waals surface area contributed by atoms with Gasteiger partial charge in [0, 0.05) is 17.9 Å². The van der Waals surface area contributed by atoms with E-state index in [1.165, 1.54) is 0 Å². The van der Waals surface area contributed by atoms with E-state index in [9.17, 15) is 9.59 Å². The second-order valence-electron chi connectivity index (χ2n) is 5.14. The Bertz CT molecular complexity index is 772. The molecule has 0 bridgehead atoms. The molecule has 1 aromatic heterocycles. The molecular weight excluding hydrogens is 320 g/mol. The van der Waals surface area contributed by atoms with Crippen molar-refractivity contribution in [1.82, 2.24) is 9.97 Å². The predicted octanol–water partition coefficient (Wildman–Crippen LogP) is 2.81. The van der Waals surface area contributed by atoms with Gasteiger partial charge < -0.3 is 15.4 Å². The van der Waals surface area contributed by atoms with Gasteiger partial charge in [0.15, 0.2) is 0 Å². The monoisotopic (exact) mass is 340 g/mol. The van der Waals surface area contributed by atoms with Crippen LogP contribution in [-0.4, -0.2) is 35.0 Å². The van der Waals surface area contributed by atoms with Crippen molar-refractivity contribution in [2.24, 2.45) is 0 Å². The minimum absolute atomic E-state index is 0.244. The molecule has 0 spiro atoms. The normalized spacial score (nSPS) is 10.0. The van der Waals surface area contributed by atoms with E-state index < -0.39 is 5.97 Å². The summed E-state index contributed by atoms with van der Waals surface area (Å²) in [6, 6.07) is 8.05. The van der Waals surface area contributed by atoms with E-state index in [1.807, 2.05) is 0 Å². The average Bonchev–Trinajstić information content (AvgIpc) is 2.60. The van der Waals surface area contributed by atoms with Crippen LogP contribution < -0.4 is 10.6 Å². The third-order valence-corrected chi connectivity index (χ3v) is 3.15. The number of nitrogens with zero attached hydrogens (tertiary/aromatic N) is 2. The number of carbonyl (C=O) groups excluding carboxylic acids is 2. The largest absolute Gasteiger partial charge is 0.462 e. The van der Waals surface area contributed by atoms with Crippen LogP contribution in [0.4, 0.5) is 11.6 Å². The SMILES string of the molecule is C=CCNc1nc(C)cc(C(=O)Nc2ccc(C(=O)OCC)cc2)n1. The van der Waals surface area contributed by atoms with Crippen LogP contribution in [0.25, 0.3) is 0 Å². The van der Waals surface area contributed by atoms with Gasteiger partial charge in [-0.2, -0.15) is 0 Å². The molecule has 7 nitrogen and oxygen atoms in total. The first-order valence-electron chi connectivity index (χ1n) is 7.82. The van der Waals surface area contributed by atoms with Crippen LogP contribution in [0.3, 0.4) is 0 Å². The van der Waals surface area contributed by atoms with E-state index in [4.69, 9.17) is 4.74 Å². The first-order valence-corrected chi connectivity index (χ1v) is 7.82. The smallest absolute Gasteiger partial charge is 0.338 e. The Morgan fingerprint density at radius 3 is 2.60 bits per heavy atom. The Balaban J connectivity index is 2.10. The highest BCUT2D eigenvalue weighted by atomic mass is 16.5. The maximum Gasteiger partial charge on any atom is 0.338 e. The molecule has 0 aliphatic heterocycles. The van der Waals surface area contributed by atoms with E-state index in [0.717, 1.165) is 0 Å². The molecule has 0 atom stereocenters. The molecule has 0 aliphatic rings. The average molecular weight is 340 g/mol. The number of aryl methyl sites for hydroxylation is 1. The van der Waals surface area contributed by atoms with Crippen molar-refractivity contribution in [2.45, 2.75) is 13.8 Å². The molecule has 0 fully saturated rings. The fraction of sp³-hybridized carbons (Fsp3) is 0.222. The lowest BCUT2D eigenvalue weighted by atomic mass is 10.2. The van der Waals surface area contributed by atoms with Gasteiger partial charge in [-0.1, -0.05) is 6.08 Å². The van der Waals surface area contributed by atoms with Gasteiger partial charge in [-0.3, -0.25) is 4.79 Å². The number of anilines is 2. The molecular formula is C18H20N4O3. The molecule has 0 saturated carbocycles. The summed E-state index contributed by atoms with van der Waals surface area (Å²) in [6.45, 7) is 7.95. The summed E-state index contributed by atoms with van der Waals surface area (Å²) >= 11 is 0. The number of amides is 1. The van der Waals surface area contributed by atoms with Gasteiger partial charge in [-0.15, -0.1) is 6.58 Å². The van der Waals surface area contributed by atoms with Gasteiger partial charge >= 0.3 is 5.97 Å². The summed E-state index contributed by atoms with van der Waals surface area (Å²) in [5.74, 6) is -0.400. The summed E-state index contributed by atoms with van der Waals surface area (Å²) in [7, 11) is 0. The van der Waals surface area contributed by atoms with E-state index in [0.29, 0.717) is 36.0 Å². The van der Waals surface area contributed by atoms with Crippen LogP contribution in [-0.2, 0) is 4.74 Å². The summed E-state index contributed by atoms with van der Waals surface area (Å²) < 4.78 is 4.92. The van der Waals surface area contributed by atoms with Crippen molar-refractivity contribution in [3.63, 3.8) is 0 Å². The van der Waals surface area contributed by atoms with Gasteiger partial charge in [0.1, 0.15) is 5.69 Å². The van der Waals surface area contributed by atoms with E-state index in [1.54, 1.807) is 50.3 Å². The molecule has 0 saturated heterocycles. The first kappa shape index (κ1) is 18.1. The molecule has 0 aliphatic carbocycles. The van der Waals surface area contributed by atoms with Crippen molar-refractivity contribution in [2.75, 3.05) is 23.8 Å². The second-order valence-corrected chi connectivity index (χ2v) is 5.14. The van der Waals surface area contributed by atoms with E-state index in [2.05, 4.69) is 27.2 Å². The molecule has 2 rings (SSSR count). The van der Waals surface area contributed by atoms with Crippen molar-refractivity contribution in [3.05, 3.63) is 59.9 Å². The molecule has 2 aromatic rings. The molecule has 130 valence electrons. The molecule has 0 radical (unpaired) electrons. The summed E-state index contributed by atoms with van der Waals surface area (Å²) in [5.41, 5.74) is 1.89. The minimum atomic E-state index is -0.398. The topological polar surface area (TPSA) is 93.2 Å². The highest BCUT2D eigenvalue weighted by molar-refractivity contribution is 6.03. The molecule has 0 unspecified atom stereocenters. The second kappa shape index (κ2) is 8.58. The summed E-state index contributed by atoms with van der Waals surface area (Å²) in [5, 5.41) is 5.69. The van der Waals surface area contributed by atoms with Crippen molar-refractivity contribution >= 4 is 23.5 Å². The Kier molecular flexibility index (Phi) is 6.22. The number of rotatable bonds is 7. The maximum absolute atomic E-state index is 12.4. The molecule has 1 heterocycles. The van der Waals surface area contributed by atoms with Crippen LogP contribution in [0.5, 0.6) is 0 Å². The lowest BCUT2D eigenvalue weighted by Gasteiger charge is -2.08. The van der Waals surface area contributed by atoms with Gasteiger partial charge in [0.2, 0.25) is 5.95 Å². The number of aromatic nitrogens is 2. The van der Waals surface area contributed by atoms with Crippen LogP contribution in [0.2, 0.25) is 0 Å². The highest BCUT2D eigenvalue weighted by Gasteiger charge is 2.12. The van der Waals surface area contributed by atoms with Crippen molar-refractivity contribution in [3.8, 4) is 0 Å². The lowest BCUT2D eigenvalue weighted by molar-refractivity contribution is 0.0526. The highest BCUT2D eigenvalue weighted by Crippen LogP contribution is 2.13. The summed E-state index contributed by atoms with van der Waals surface area (Å²) in [4.78, 5) is 32.4. The maximum atomic E-state index is 12.4. The third-order valence-electron chi connectivity index (χ3n) is 3.15. The summed E-state index contributed by atoms with van der Waals surface area (Å²) in [6.07, 6.45) is 1.68. The molecule has 25 heavy (non-hydrogen) atoms. The Labute approximate surface area is 146 Å². The van der Waals surface area contributed by atoms with Crippen LogP contribution in [0.1, 0.15) is 33.5 Å². The number of benzene rings is 1. The molecule has 7 heteroatoms. The predicted molar refractivity (Wildman–Crippen MR) is 95.8 cm³/mol. The van der Waals surface area contributed by atoms with Crippen molar-refractivity contribution in [1.29, 1.82) is 0 Å². The fourth-order valence-electron chi connectivity index (χ4n) is 2.03. The van der Waals surface area contributed by atoms with Gasteiger partial charge in [0.05, 0.1) is 12.2 Å². The zero-order valence-corrected chi connectivity index (χ0v) is 14.2. The van der Waals surface area contributed by atoms with E-state index >= 15 is 0 Å². The third kappa shape index (κ3) is 5.13. The Morgan fingerprint density at radius 2 is 1.96 bits per heavy atom. The number of nitrogens with one attached hydrogen (secondary N) is 2. The minimum Gasteiger partial charge on any atom is -0.462 e. The lowest BCUT2D eigenvalue weighted by Crippen LogP contribution is -2.16. The number of esters is 1. The van der Waals surface area contributed by atoms with Gasteiger partial charge in [0.25, 0.3) is 5.91 Å². The molecule has 2 N–H and O–H groups in total. The zero-order valence-electron chi connectivity index (χ0n) is 14.2. The van der Waals surface area contributed by atoms with Gasteiger partial charge in [-0.25, -0.2) is 14.8 Å². The van der Waals surface area contributed by atoms with Crippen molar-refractivity contribution < 1.29 is 14.3 Å². The quantitative estimate of drug-likeness (QED) is 0.595. The van der Waals surface area contributed by atoms with E-state index in [-0.39, 0.29) is 11.6 Å². The Morgan fingerprint density at radius 1 is 1.24 bits per heavy atom. The van der Waals surface area contributed by atoms with Crippen LogP contribution in [0, 0.1) is 6.92 Å². The molecule has 1 aromatic carbocycles. The number of ether oxygens (including phenoxy) is 1.